The van der Waals surface area contributed by atoms with Gasteiger partial charge < -0.3 is 19.3 Å². The molecule has 1 aliphatic rings. The molecule has 0 saturated carbocycles. The molecule has 36 heavy (non-hydrogen) atoms. The molecule has 4 rings (SSSR count). The Balaban J connectivity index is 1.93. The second-order valence-corrected chi connectivity index (χ2v) is 8.54. The second-order valence-electron chi connectivity index (χ2n) is 8.13. The molecule has 1 aliphatic heterocycles. The first-order chi connectivity index (χ1) is 17.4. The third-order valence-corrected chi connectivity index (χ3v) is 6.20. The van der Waals surface area contributed by atoms with E-state index in [0.29, 0.717) is 35.1 Å². The highest BCUT2D eigenvalue weighted by atomic mass is 35.5. The molecule has 186 valence electrons. The zero-order valence-corrected chi connectivity index (χ0v) is 20.9. The van der Waals surface area contributed by atoms with E-state index >= 15 is 0 Å². The average molecular weight is 508 g/mol. The van der Waals surface area contributed by atoms with Gasteiger partial charge in [-0.2, -0.15) is 0 Å². The first kappa shape index (κ1) is 25.1. The predicted molar refractivity (Wildman–Crippen MR) is 138 cm³/mol. The Morgan fingerprint density at radius 2 is 1.64 bits per heavy atom. The summed E-state index contributed by atoms with van der Waals surface area (Å²) < 4.78 is 16.3. The van der Waals surface area contributed by atoms with E-state index in [-0.39, 0.29) is 16.2 Å². The number of rotatable bonds is 8. The highest BCUT2D eigenvalue weighted by molar-refractivity contribution is 6.52. The molecule has 0 aliphatic carbocycles. The van der Waals surface area contributed by atoms with Gasteiger partial charge in [0.25, 0.3) is 11.7 Å². The smallest absolute Gasteiger partial charge is 0.300 e. The van der Waals surface area contributed by atoms with E-state index in [1.165, 1.54) is 18.1 Å². The van der Waals surface area contributed by atoms with Gasteiger partial charge in [0.2, 0.25) is 0 Å². The highest BCUT2D eigenvalue weighted by Crippen LogP contribution is 2.44. The molecule has 0 aromatic heterocycles. The number of halogens is 1. The van der Waals surface area contributed by atoms with Crippen LogP contribution in [0.3, 0.4) is 0 Å². The van der Waals surface area contributed by atoms with Gasteiger partial charge in [-0.1, -0.05) is 30.7 Å². The Labute approximate surface area is 214 Å². The normalized spacial score (nSPS) is 16.8. The van der Waals surface area contributed by atoms with Gasteiger partial charge >= 0.3 is 0 Å². The van der Waals surface area contributed by atoms with Crippen molar-refractivity contribution in [3.05, 3.63) is 88.5 Å². The van der Waals surface area contributed by atoms with Crippen molar-refractivity contribution in [1.29, 1.82) is 0 Å². The lowest BCUT2D eigenvalue weighted by Crippen LogP contribution is -2.29. The largest absolute Gasteiger partial charge is 0.507 e. The Kier molecular flexibility index (Phi) is 7.50. The number of ketones is 1. The predicted octanol–water partition coefficient (Wildman–Crippen LogP) is 5.77. The fourth-order valence-corrected chi connectivity index (χ4v) is 4.32. The molecule has 1 fully saturated rings. The van der Waals surface area contributed by atoms with Crippen LogP contribution in [0.15, 0.2) is 72.3 Å². The summed E-state index contributed by atoms with van der Waals surface area (Å²) in [6.07, 6.45) is 0.822. The minimum atomic E-state index is -0.925. The third-order valence-electron chi connectivity index (χ3n) is 5.87. The Morgan fingerprint density at radius 1 is 0.944 bits per heavy atom. The van der Waals surface area contributed by atoms with Crippen LogP contribution in [0, 0.1) is 0 Å². The van der Waals surface area contributed by atoms with Crippen molar-refractivity contribution in [2.24, 2.45) is 0 Å². The zero-order valence-electron chi connectivity index (χ0n) is 20.2. The van der Waals surface area contributed by atoms with Crippen LogP contribution in [-0.2, 0) is 9.59 Å². The average Bonchev–Trinajstić information content (AvgIpc) is 3.17. The summed E-state index contributed by atoms with van der Waals surface area (Å²) >= 11 is 6.38. The lowest BCUT2D eigenvalue weighted by molar-refractivity contribution is -0.132. The zero-order chi connectivity index (χ0) is 25.8. The molecule has 1 unspecified atom stereocenters. The van der Waals surface area contributed by atoms with Crippen LogP contribution in [0.5, 0.6) is 17.2 Å². The van der Waals surface area contributed by atoms with Crippen molar-refractivity contribution in [3.63, 3.8) is 0 Å². The van der Waals surface area contributed by atoms with Crippen molar-refractivity contribution in [1.82, 2.24) is 0 Å². The number of methoxy groups -OCH3 is 2. The number of ether oxygens (including phenoxy) is 3. The molecule has 0 radical (unpaired) electrons. The maximum Gasteiger partial charge on any atom is 0.300 e. The van der Waals surface area contributed by atoms with Crippen molar-refractivity contribution >= 4 is 34.7 Å². The number of carbonyl (C=O) groups is 2. The minimum Gasteiger partial charge on any atom is -0.507 e. The molecule has 3 aromatic carbocycles. The second kappa shape index (κ2) is 10.7. The minimum absolute atomic E-state index is 0.0846. The Morgan fingerprint density at radius 3 is 2.31 bits per heavy atom. The maximum absolute atomic E-state index is 13.4. The molecule has 1 N–H and O–H groups in total. The molecule has 0 bridgehead atoms. The maximum atomic E-state index is 13.4. The number of anilines is 1. The fraction of sp³-hybridized carbons (Fsp3) is 0.214. The lowest BCUT2D eigenvalue weighted by Gasteiger charge is -2.26. The van der Waals surface area contributed by atoms with E-state index in [4.69, 9.17) is 25.8 Å². The summed E-state index contributed by atoms with van der Waals surface area (Å²) in [4.78, 5) is 28.1. The molecule has 3 aromatic rings. The molecular weight excluding hydrogens is 482 g/mol. The molecular formula is C28H26ClNO6. The number of Topliss-reactive ketones (excluding diaryl/α,β-unsaturated/α-hetero) is 1. The van der Waals surface area contributed by atoms with Gasteiger partial charge in [0, 0.05) is 11.3 Å². The van der Waals surface area contributed by atoms with Crippen molar-refractivity contribution in [2.75, 3.05) is 25.7 Å². The molecule has 1 heterocycles. The van der Waals surface area contributed by atoms with Crippen molar-refractivity contribution < 1.29 is 28.9 Å². The number of amides is 1. The summed E-state index contributed by atoms with van der Waals surface area (Å²) in [6.45, 7) is 2.52. The van der Waals surface area contributed by atoms with Gasteiger partial charge in [0.1, 0.15) is 23.0 Å². The lowest BCUT2D eigenvalue weighted by atomic mass is 9.95. The van der Waals surface area contributed by atoms with Gasteiger partial charge in [-0.3, -0.25) is 14.5 Å². The van der Waals surface area contributed by atoms with Gasteiger partial charge in [-0.05, 0) is 66.6 Å². The van der Waals surface area contributed by atoms with Crippen LogP contribution in [0.25, 0.3) is 5.76 Å². The third kappa shape index (κ3) is 4.75. The SMILES string of the molecule is CCCOc1cccc(C2/C(=C(\O)c3cc(OC)ccc3Cl)C(=O)C(=O)N2c2ccc(OC)cc2)c1. The highest BCUT2D eigenvalue weighted by Gasteiger charge is 2.47. The number of hydrogen-bond donors (Lipinski definition) is 1. The van der Waals surface area contributed by atoms with Crippen LogP contribution in [0.2, 0.25) is 5.02 Å². The molecule has 1 atom stereocenters. The Bertz CT molecular complexity index is 1320. The topological polar surface area (TPSA) is 85.3 Å². The summed E-state index contributed by atoms with van der Waals surface area (Å²) in [7, 11) is 3.03. The monoisotopic (exact) mass is 507 g/mol. The molecule has 1 amide bonds. The van der Waals surface area contributed by atoms with E-state index in [1.54, 1.807) is 67.8 Å². The summed E-state index contributed by atoms with van der Waals surface area (Å²) in [6, 6.07) is 17.7. The van der Waals surface area contributed by atoms with E-state index in [2.05, 4.69) is 0 Å². The van der Waals surface area contributed by atoms with Gasteiger partial charge in [-0.25, -0.2) is 0 Å². The summed E-state index contributed by atoms with van der Waals surface area (Å²) in [5.74, 6) is -0.355. The first-order valence-electron chi connectivity index (χ1n) is 11.4. The molecule has 1 saturated heterocycles. The fourth-order valence-electron chi connectivity index (χ4n) is 4.11. The number of benzene rings is 3. The van der Waals surface area contributed by atoms with Gasteiger partial charge in [-0.15, -0.1) is 0 Å². The van der Waals surface area contributed by atoms with Crippen molar-refractivity contribution in [3.8, 4) is 17.2 Å². The van der Waals surface area contributed by atoms with E-state index < -0.39 is 23.5 Å². The number of aliphatic hydroxyl groups is 1. The number of carbonyl (C=O) groups excluding carboxylic acids is 2. The first-order valence-corrected chi connectivity index (χ1v) is 11.8. The quantitative estimate of drug-likeness (QED) is 0.236. The van der Waals surface area contributed by atoms with Crippen molar-refractivity contribution in [2.45, 2.75) is 19.4 Å². The number of nitrogens with zero attached hydrogens (tertiary/aromatic N) is 1. The summed E-state index contributed by atoms with van der Waals surface area (Å²) in [5.41, 5.74) is 1.17. The molecule has 0 spiro atoms. The van der Waals surface area contributed by atoms with Gasteiger partial charge in [0.15, 0.2) is 0 Å². The van der Waals surface area contributed by atoms with E-state index in [0.717, 1.165) is 6.42 Å². The van der Waals surface area contributed by atoms with E-state index in [1.807, 2.05) is 6.92 Å². The Hall–Kier alpha value is -3.97. The molecule has 8 heteroatoms. The van der Waals surface area contributed by atoms with Crippen LogP contribution < -0.4 is 19.1 Å². The standard InChI is InChI=1S/C28H26ClNO6/c1-4-14-36-21-7-5-6-17(15-21)25-24(26(31)22-16-20(35-3)12-13-23(22)29)27(32)28(33)30(25)18-8-10-19(34-2)11-9-18/h5-13,15-16,25,31H,4,14H2,1-3H3/b26-24+. The van der Waals surface area contributed by atoms with Crippen LogP contribution in [-0.4, -0.2) is 37.6 Å². The van der Waals surface area contributed by atoms with Crippen LogP contribution in [0.4, 0.5) is 5.69 Å². The number of aliphatic hydroxyl groups excluding tert-OH is 1. The van der Waals surface area contributed by atoms with Crippen LogP contribution >= 0.6 is 11.6 Å². The van der Waals surface area contributed by atoms with Gasteiger partial charge in [0.05, 0.1) is 37.5 Å². The number of hydrogen-bond acceptors (Lipinski definition) is 6. The molecule has 7 nitrogen and oxygen atoms in total. The summed E-state index contributed by atoms with van der Waals surface area (Å²) in [5, 5.41) is 11.6. The van der Waals surface area contributed by atoms with Crippen LogP contribution in [0.1, 0.15) is 30.5 Å². The van der Waals surface area contributed by atoms with E-state index in [9.17, 15) is 14.7 Å².